The number of rotatable bonds is 4. The second-order valence-corrected chi connectivity index (χ2v) is 3.50. The predicted molar refractivity (Wildman–Crippen MR) is 61.0 cm³/mol. The lowest BCUT2D eigenvalue weighted by Crippen LogP contribution is -2.45. The van der Waals surface area contributed by atoms with Gasteiger partial charge < -0.3 is 14.6 Å². The number of carbonyl (C=O) groups is 2. The van der Waals surface area contributed by atoms with Crippen molar-refractivity contribution in [1.29, 1.82) is 0 Å². The average molecular weight is 269 g/mol. The van der Waals surface area contributed by atoms with Gasteiger partial charge in [0.1, 0.15) is 0 Å². The summed E-state index contributed by atoms with van der Waals surface area (Å²) in [5, 5.41) is 20.6. The first-order valence-corrected chi connectivity index (χ1v) is 5.02. The van der Waals surface area contributed by atoms with Crippen LogP contribution in [0.15, 0.2) is 24.3 Å². The summed E-state index contributed by atoms with van der Waals surface area (Å²) in [7, 11) is 1.98. The van der Waals surface area contributed by atoms with Gasteiger partial charge in [0.2, 0.25) is 0 Å². The van der Waals surface area contributed by atoms with Crippen molar-refractivity contribution in [2.75, 3.05) is 14.2 Å². The molecule has 0 amide bonds. The van der Waals surface area contributed by atoms with Crippen LogP contribution in [0.25, 0.3) is 0 Å². The van der Waals surface area contributed by atoms with Gasteiger partial charge in [0.25, 0.3) is 11.3 Å². The Morgan fingerprint density at radius 2 is 1.58 bits per heavy atom. The van der Waals surface area contributed by atoms with Crippen molar-refractivity contribution in [1.82, 2.24) is 0 Å². The van der Waals surface area contributed by atoms with Crippen LogP contribution in [0.1, 0.15) is 5.56 Å². The first-order valence-electron chi connectivity index (χ1n) is 5.02. The molecule has 0 aliphatic carbocycles. The van der Waals surface area contributed by atoms with E-state index in [4.69, 9.17) is 0 Å². The number of hydrogen-bond donors (Lipinski definition) is 1. The van der Waals surface area contributed by atoms with E-state index in [-0.39, 0.29) is 11.3 Å². The van der Waals surface area contributed by atoms with Gasteiger partial charge in [-0.3, -0.25) is 10.1 Å². The van der Waals surface area contributed by atoms with Crippen LogP contribution in [-0.2, 0) is 24.7 Å². The van der Waals surface area contributed by atoms with Gasteiger partial charge in [0.05, 0.1) is 19.1 Å². The molecule has 0 aromatic heterocycles. The number of nitrogens with zero attached hydrogens (tertiary/aromatic N) is 1. The van der Waals surface area contributed by atoms with Crippen molar-refractivity contribution in [3.8, 4) is 0 Å². The molecule has 8 heteroatoms. The van der Waals surface area contributed by atoms with Crippen molar-refractivity contribution in [2.45, 2.75) is 5.60 Å². The predicted octanol–water partition coefficient (Wildman–Crippen LogP) is 0.128. The highest BCUT2D eigenvalue weighted by Crippen LogP contribution is 2.26. The van der Waals surface area contributed by atoms with E-state index in [1.165, 1.54) is 0 Å². The average Bonchev–Trinajstić information content (AvgIpc) is 2.44. The monoisotopic (exact) mass is 269 g/mol. The summed E-state index contributed by atoms with van der Waals surface area (Å²) >= 11 is 0. The Kier molecular flexibility index (Phi) is 4.18. The fraction of sp³-hybridized carbons (Fsp3) is 0.273. The van der Waals surface area contributed by atoms with Gasteiger partial charge in [-0.25, -0.2) is 9.59 Å². The molecule has 0 saturated carbocycles. The van der Waals surface area contributed by atoms with Crippen LogP contribution < -0.4 is 0 Å². The minimum Gasteiger partial charge on any atom is -0.466 e. The van der Waals surface area contributed by atoms with Gasteiger partial charge in [-0.05, 0) is 12.1 Å². The maximum Gasteiger partial charge on any atom is 0.354 e. The van der Waals surface area contributed by atoms with E-state index in [0.717, 1.165) is 38.5 Å². The normalized spacial score (nSPS) is 10.7. The van der Waals surface area contributed by atoms with Gasteiger partial charge in [0, 0.05) is 17.7 Å². The molecule has 0 unspecified atom stereocenters. The highest BCUT2D eigenvalue weighted by molar-refractivity contribution is 6.04. The maximum absolute atomic E-state index is 11.5. The number of ether oxygens (including phenoxy) is 2. The van der Waals surface area contributed by atoms with E-state index in [1.54, 1.807) is 0 Å². The summed E-state index contributed by atoms with van der Waals surface area (Å²) < 4.78 is 8.69. The van der Waals surface area contributed by atoms with E-state index in [2.05, 4.69) is 9.47 Å². The first-order chi connectivity index (χ1) is 8.87. The van der Waals surface area contributed by atoms with Crippen LogP contribution in [0.2, 0.25) is 0 Å². The largest absolute Gasteiger partial charge is 0.466 e. The zero-order valence-electron chi connectivity index (χ0n) is 10.2. The van der Waals surface area contributed by atoms with Crippen molar-refractivity contribution in [3.63, 3.8) is 0 Å². The molecule has 1 rings (SSSR count). The molecular formula is C11H11NO7. The van der Waals surface area contributed by atoms with E-state index < -0.39 is 22.5 Å². The lowest BCUT2D eigenvalue weighted by Gasteiger charge is -2.22. The molecule has 19 heavy (non-hydrogen) atoms. The number of nitro benzene ring substituents is 1. The molecule has 0 bridgehead atoms. The second-order valence-electron chi connectivity index (χ2n) is 3.50. The molecular weight excluding hydrogens is 258 g/mol. The number of esters is 2. The minimum absolute atomic E-state index is 0.184. The van der Waals surface area contributed by atoms with Crippen LogP contribution in [0.4, 0.5) is 5.69 Å². The molecule has 0 fully saturated rings. The molecule has 0 aliphatic heterocycles. The lowest BCUT2D eigenvalue weighted by molar-refractivity contribution is -0.384. The van der Waals surface area contributed by atoms with Crippen LogP contribution in [0, 0.1) is 10.1 Å². The molecule has 0 aliphatic rings. The number of nitro groups is 1. The first kappa shape index (κ1) is 14.6. The fourth-order valence-corrected chi connectivity index (χ4v) is 1.44. The third-order valence-electron chi connectivity index (χ3n) is 2.46. The quantitative estimate of drug-likeness (QED) is 0.357. The number of carbonyl (C=O) groups excluding carboxylic acids is 2. The van der Waals surface area contributed by atoms with Gasteiger partial charge in [-0.1, -0.05) is 0 Å². The Morgan fingerprint density at radius 3 is 1.89 bits per heavy atom. The van der Waals surface area contributed by atoms with Crippen molar-refractivity contribution < 1.29 is 29.1 Å². The summed E-state index contributed by atoms with van der Waals surface area (Å²) in [6.07, 6.45) is 0. The highest BCUT2D eigenvalue weighted by Gasteiger charge is 2.48. The Morgan fingerprint density at radius 1 is 1.16 bits per heavy atom. The fourth-order valence-electron chi connectivity index (χ4n) is 1.44. The standard InChI is InChI=1S/C11H11NO7/c1-18-9(13)11(15,10(14)19-2)7-3-5-8(6-4-7)12(16)17/h3-6,15H,1-2H3. The van der Waals surface area contributed by atoms with Crippen molar-refractivity contribution >= 4 is 17.6 Å². The van der Waals surface area contributed by atoms with Gasteiger partial charge >= 0.3 is 11.9 Å². The van der Waals surface area contributed by atoms with Gasteiger partial charge in [-0.15, -0.1) is 0 Å². The molecule has 0 saturated heterocycles. The number of hydrogen-bond acceptors (Lipinski definition) is 7. The number of aliphatic hydroxyl groups is 1. The minimum atomic E-state index is -2.65. The highest BCUT2D eigenvalue weighted by atomic mass is 16.6. The molecule has 0 heterocycles. The second kappa shape index (κ2) is 5.44. The van der Waals surface area contributed by atoms with Crippen molar-refractivity contribution in [2.24, 2.45) is 0 Å². The van der Waals surface area contributed by atoms with Gasteiger partial charge in [-0.2, -0.15) is 0 Å². The summed E-state index contributed by atoms with van der Waals surface area (Å²) in [5.41, 5.74) is -3.09. The van der Waals surface area contributed by atoms with Crippen LogP contribution in [-0.4, -0.2) is 36.2 Å². The number of non-ortho nitro benzene ring substituents is 1. The van der Waals surface area contributed by atoms with E-state index in [9.17, 15) is 24.8 Å². The molecule has 0 atom stereocenters. The topological polar surface area (TPSA) is 116 Å². The summed E-state index contributed by atoms with van der Waals surface area (Å²) in [4.78, 5) is 32.9. The molecule has 0 spiro atoms. The maximum atomic E-state index is 11.5. The Balaban J connectivity index is 3.30. The van der Waals surface area contributed by atoms with Gasteiger partial charge in [0.15, 0.2) is 0 Å². The Bertz CT molecular complexity index is 492. The van der Waals surface area contributed by atoms with E-state index in [0.29, 0.717) is 0 Å². The zero-order chi connectivity index (χ0) is 14.6. The molecule has 8 nitrogen and oxygen atoms in total. The third kappa shape index (κ3) is 2.52. The number of benzene rings is 1. The van der Waals surface area contributed by atoms with E-state index in [1.807, 2.05) is 0 Å². The lowest BCUT2D eigenvalue weighted by atomic mass is 9.94. The third-order valence-corrected chi connectivity index (χ3v) is 2.46. The SMILES string of the molecule is COC(=O)C(O)(C(=O)OC)c1ccc([N+](=O)[O-])cc1. The summed E-state index contributed by atoms with van der Waals surface area (Å²) in [6.45, 7) is 0. The molecule has 1 aromatic rings. The van der Waals surface area contributed by atoms with Crippen molar-refractivity contribution in [3.05, 3.63) is 39.9 Å². The Hall–Kier alpha value is -2.48. The smallest absolute Gasteiger partial charge is 0.354 e. The molecule has 102 valence electrons. The van der Waals surface area contributed by atoms with Crippen LogP contribution in [0.3, 0.4) is 0 Å². The summed E-state index contributed by atoms with van der Waals surface area (Å²) in [6, 6.07) is 4.25. The zero-order valence-corrected chi connectivity index (χ0v) is 10.2. The molecule has 1 N–H and O–H groups in total. The summed E-state index contributed by atoms with van der Waals surface area (Å²) in [5.74, 6) is -2.48. The molecule has 0 radical (unpaired) electrons. The Labute approximate surface area is 107 Å². The molecule has 1 aromatic carbocycles. The van der Waals surface area contributed by atoms with Crippen LogP contribution >= 0.6 is 0 Å². The van der Waals surface area contributed by atoms with E-state index >= 15 is 0 Å². The number of methoxy groups -OCH3 is 2. The van der Waals surface area contributed by atoms with Crippen LogP contribution in [0.5, 0.6) is 0 Å².